The van der Waals surface area contributed by atoms with Gasteiger partial charge in [-0.05, 0) is 31.5 Å². The van der Waals surface area contributed by atoms with E-state index < -0.39 is 5.97 Å². The zero-order chi connectivity index (χ0) is 14.7. The minimum Gasteiger partial charge on any atom is -0.478 e. The van der Waals surface area contributed by atoms with Crippen molar-refractivity contribution in [2.45, 2.75) is 26.3 Å². The Morgan fingerprint density at radius 1 is 1.35 bits per heavy atom. The van der Waals surface area contributed by atoms with Crippen molar-refractivity contribution in [2.24, 2.45) is 0 Å². The van der Waals surface area contributed by atoms with Crippen LogP contribution in [0.1, 0.15) is 30.6 Å². The van der Waals surface area contributed by atoms with Crippen molar-refractivity contribution in [1.29, 1.82) is 0 Å². The predicted octanol–water partition coefficient (Wildman–Crippen LogP) is 2.96. The van der Waals surface area contributed by atoms with E-state index in [1.807, 2.05) is 6.07 Å². The van der Waals surface area contributed by atoms with Crippen LogP contribution in [0.15, 0.2) is 18.2 Å². The number of benzene rings is 1. The van der Waals surface area contributed by atoms with Gasteiger partial charge in [0.1, 0.15) is 0 Å². The Morgan fingerprint density at radius 3 is 2.50 bits per heavy atom. The molecule has 0 saturated carbocycles. The molecule has 1 aromatic carbocycles. The Hall–Kier alpha value is -1.26. The van der Waals surface area contributed by atoms with E-state index in [9.17, 15) is 4.79 Å². The maximum absolute atomic E-state index is 10.9. The summed E-state index contributed by atoms with van der Waals surface area (Å²) in [6.07, 6.45) is 1.16. The Bertz CT molecular complexity index is 485. The van der Waals surface area contributed by atoms with Crippen LogP contribution in [-0.4, -0.2) is 48.2 Å². The fourth-order valence-corrected chi connectivity index (χ4v) is 2.86. The molecule has 1 fully saturated rings. The second-order valence-corrected chi connectivity index (χ2v) is 5.66. The molecule has 0 spiro atoms. The first-order valence-corrected chi connectivity index (χ1v) is 7.42. The number of rotatable bonds is 4. The second-order valence-electron chi connectivity index (χ2n) is 5.25. The van der Waals surface area contributed by atoms with Crippen LogP contribution in [0.5, 0.6) is 0 Å². The summed E-state index contributed by atoms with van der Waals surface area (Å²) in [6, 6.07) is 5.57. The number of nitrogens with zero attached hydrogens (tertiary/aromatic N) is 2. The zero-order valence-corrected chi connectivity index (χ0v) is 12.7. The summed E-state index contributed by atoms with van der Waals surface area (Å²) >= 11 is 6.21. The van der Waals surface area contributed by atoms with E-state index in [0.717, 1.165) is 38.3 Å². The summed E-state index contributed by atoms with van der Waals surface area (Å²) in [4.78, 5) is 15.6. The molecule has 1 saturated heterocycles. The summed E-state index contributed by atoms with van der Waals surface area (Å²) < 4.78 is 0. The van der Waals surface area contributed by atoms with Gasteiger partial charge >= 0.3 is 5.97 Å². The summed E-state index contributed by atoms with van der Waals surface area (Å²) in [5, 5.41) is 9.47. The molecule has 0 bridgehead atoms. The number of aromatic carboxylic acids is 1. The monoisotopic (exact) mass is 296 g/mol. The lowest BCUT2D eigenvalue weighted by Gasteiger charge is -2.39. The summed E-state index contributed by atoms with van der Waals surface area (Å²) in [6.45, 7) is 8.35. The molecule has 1 aliphatic heterocycles. The van der Waals surface area contributed by atoms with Crippen molar-refractivity contribution >= 4 is 23.3 Å². The van der Waals surface area contributed by atoms with Crippen molar-refractivity contribution in [2.75, 3.05) is 31.1 Å². The van der Waals surface area contributed by atoms with E-state index in [1.54, 1.807) is 6.07 Å². The van der Waals surface area contributed by atoms with Crippen molar-refractivity contribution in [1.82, 2.24) is 4.90 Å². The van der Waals surface area contributed by atoms with Crippen molar-refractivity contribution < 1.29 is 9.90 Å². The number of carbonyl (C=O) groups is 1. The fraction of sp³-hybridized carbons (Fsp3) is 0.533. The first-order valence-electron chi connectivity index (χ1n) is 7.04. The predicted molar refractivity (Wildman–Crippen MR) is 82.0 cm³/mol. The molecule has 1 heterocycles. The smallest absolute Gasteiger partial charge is 0.335 e. The van der Waals surface area contributed by atoms with Gasteiger partial charge in [0, 0.05) is 32.2 Å². The largest absolute Gasteiger partial charge is 0.478 e. The molecule has 4 nitrogen and oxygen atoms in total. The fourth-order valence-electron chi connectivity index (χ4n) is 2.56. The van der Waals surface area contributed by atoms with E-state index in [1.165, 1.54) is 6.07 Å². The number of anilines is 1. The molecule has 0 aromatic heterocycles. The van der Waals surface area contributed by atoms with Gasteiger partial charge in [-0.15, -0.1) is 0 Å². The van der Waals surface area contributed by atoms with E-state index in [2.05, 4.69) is 23.6 Å². The van der Waals surface area contributed by atoms with Gasteiger partial charge in [0.05, 0.1) is 16.3 Å². The lowest BCUT2D eigenvalue weighted by Crippen LogP contribution is -2.49. The molecule has 1 N–H and O–H groups in total. The Kier molecular flexibility index (Phi) is 4.89. The summed E-state index contributed by atoms with van der Waals surface area (Å²) in [5.41, 5.74) is 1.16. The number of halogens is 1. The molecule has 1 atom stereocenters. The maximum Gasteiger partial charge on any atom is 0.335 e. The minimum atomic E-state index is -0.944. The number of hydrogen-bond acceptors (Lipinski definition) is 3. The number of carboxylic acids is 1. The van der Waals surface area contributed by atoms with Crippen LogP contribution in [0.25, 0.3) is 0 Å². The number of carboxylic acid groups (broad SMARTS) is 1. The van der Waals surface area contributed by atoms with Crippen LogP contribution in [0.3, 0.4) is 0 Å². The van der Waals surface area contributed by atoms with Gasteiger partial charge in [0.2, 0.25) is 0 Å². The highest BCUT2D eigenvalue weighted by Gasteiger charge is 2.21. The van der Waals surface area contributed by atoms with E-state index in [-0.39, 0.29) is 5.56 Å². The Labute approximate surface area is 124 Å². The van der Waals surface area contributed by atoms with Crippen molar-refractivity contribution in [3.63, 3.8) is 0 Å². The highest BCUT2D eigenvalue weighted by Crippen LogP contribution is 2.28. The Balaban J connectivity index is 2.05. The average molecular weight is 297 g/mol. The molecular formula is C15H21ClN2O2. The van der Waals surface area contributed by atoms with Gasteiger partial charge in [0.15, 0.2) is 0 Å². The molecule has 0 amide bonds. The summed E-state index contributed by atoms with van der Waals surface area (Å²) in [7, 11) is 0. The third-order valence-corrected chi connectivity index (χ3v) is 4.37. The number of hydrogen-bond donors (Lipinski definition) is 1. The molecule has 110 valence electrons. The molecule has 0 aliphatic carbocycles. The molecule has 1 unspecified atom stereocenters. The SMILES string of the molecule is CCC(C)N1CCN(c2ccc(C(=O)O)cc2Cl)CC1. The molecule has 1 aliphatic rings. The van der Waals surface area contributed by atoms with Crippen LogP contribution in [0.4, 0.5) is 5.69 Å². The average Bonchev–Trinajstić information content (AvgIpc) is 2.46. The highest BCUT2D eigenvalue weighted by molar-refractivity contribution is 6.33. The van der Waals surface area contributed by atoms with E-state index in [4.69, 9.17) is 16.7 Å². The molecular weight excluding hydrogens is 276 g/mol. The first-order chi connectivity index (χ1) is 9.52. The molecule has 5 heteroatoms. The standard InChI is InChI=1S/C15H21ClN2O2/c1-3-11(2)17-6-8-18(9-7-17)14-5-4-12(15(19)20)10-13(14)16/h4-5,10-11H,3,6-9H2,1-2H3,(H,19,20). The van der Waals surface area contributed by atoms with Gasteiger partial charge in [-0.25, -0.2) is 4.79 Å². The first kappa shape index (κ1) is 15.1. The third kappa shape index (κ3) is 3.25. The van der Waals surface area contributed by atoms with Gasteiger partial charge in [-0.2, -0.15) is 0 Å². The van der Waals surface area contributed by atoms with Crippen LogP contribution in [0, 0.1) is 0 Å². The van der Waals surface area contributed by atoms with Crippen molar-refractivity contribution in [3.8, 4) is 0 Å². The van der Waals surface area contributed by atoms with E-state index in [0.29, 0.717) is 11.1 Å². The quantitative estimate of drug-likeness (QED) is 0.928. The zero-order valence-electron chi connectivity index (χ0n) is 12.0. The van der Waals surface area contributed by atoms with Crippen LogP contribution in [-0.2, 0) is 0 Å². The molecule has 2 rings (SSSR count). The lowest BCUT2D eigenvalue weighted by molar-refractivity contribution is 0.0697. The molecule has 20 heavy (non-hydrogen) atoms. The van der Waals surface area contributed by atoms with Gasteiger partial charge < -0.3 is 10.0 Å². The third-order valence-electron chi connectivity index (χ3n) is 4.06. The molecule has 1 aromatic rings. The highest BCUT2D eigenvalue weighted by atomic mass is 35.5. The minimum absolute atomic E-state index is 0.233. The lowest BCUT2D eigenvalue weighted by atomic mass is 10.1. The van der Waals surface area contributed by atoms with Gasteiger partial charge in [0.25, 0.3) is 0 Å². The molecule has 0 radical (unpaired) electrons. The normalized spacial score (nSPS) is 18.1. The topological polar surface area (TPSA) is 43.8 Å². The van der Waals surface area contributed by atoms with E-state index >= 15 is 0 Å². The number of piperazine rings is 1. The van der Waals surface area contributed by atoms with Crippen LogP contribution in [0.2, 0.25) is 5.02 Å². The van der Waals surface area contributed by atoms with Crippen LogP contribution < -0.4 is 4.90 Å². The van der Waals surface area contributed by atoms with Crippen molar-refractivity contribution in [3.05, 3.63) is 28.8 Å². The maximum atomic E-state index is 10.9. The summed E-state index contributed by atoms with van der Waals surface area (Å²) in [5.74, 6) is -0.944. The van der Waals surface area contributed by atoms with Crippen LogP contribution >= 0.6 is 11.6 Å². The van der Waals surface area contributed by atoms with Gasteiger partial charge in [-0.1, -0.05) is 18.5 Å². The second kappa shape index (κ2) is 6.46. The Morgan fingerprint density at radius 2 is 2.00 bits per heavy atom. The van der Waals surface area contributed by atoms with Gasteiger partial charge in [-0.3, -0.25) is 4.90 Å².